The largest absolute Gasteiger partial charge is 0.324 e. The molecule has 2 amide bonds. The zero-order chi connectivity index (χ0) is 15.4. The first-order valence-electron chi connectivity index (χ1n) is 7.27. The van der Waals surface area contributed by atoms with Crippen LogP contribution in [-0.4, -0.2) is 34.2 Å². The molecule has 1 aromatic heterocycles. The number of nitrogens with one attached hydrogen (secondary N) is 1. The molecule has 0 spiro atoms. The van der Waals surface area contributed by atoms with E-state index in [-0.39, 0.29) is 11.8 Å². The summed E-state index contributed by atoms with van der Waals surface area (Å²) in [5.41, 5.74) is 2.70. The number of nitrogens with zero attached hydrogens (tertiary/aromatic N) is 3. The Labute approximate surface area is 132 Å². The zero-order valence-corrected chi connectivity index (χ0v) is 12.9. The molecule has 1 aromatic carbocycles. The van der Waals surface area contributed by atoms with E-state index in [1.54, 1.807) is 5.51 Å². The minimum Gasteiger partial charge on any atom is -0.324 e. The maximum absolute atomic E-state index is 12.9. The predicted octanol–water partition coefficient (Wildman–Crippen LogP) is 3.16. The van der Waals surface area contributed by atoms with Crippen molar-refractivity contribution in [2.75, 3.05) is 18.4 Å². The molecule has 116 valence electrons. The van der Waals surface area contributed by atoms with Gasteiger partial charge >= 0.3 is 6.03 Å². The smallest absolute Gasteiger partial charge is 0.323 e. The molecule has 1 N–H and O–H groups in total. The summed E-state index contributed by atoms with van der Waals surface area (Å²) in [7, 11) is 0. The van der Waals surface area contributed by atoms with Crippen LogP contribution in [0, 0.1) is 11.7 Å². The minimum absolute atomic E-state index is 0.124. The highest BCUT2D eigenvalue weighted by molar-refractivity contribution is 7.13. The minimum atomic E-state index is -0.217. The van der Waals surface area contributed by atoms with E-state index in [0.717, 1.165) is 31.4 Å². The van der Waals surface area contributed by atoms with E-state index >= 15 is 0 Å². The van der Waals surface area contributed by atoms with E-state index in [0.29, 0.717) is 17.6 Å². The van der Waals surface area contributed by atoms with Gasteiger partial charge in [-0.25, -0.2) is 9.18 Å². The first-order valence-corrected chi connectivity index (χ1v) is 8.15. The number of hydrogen-bond donors (Lipinski definition) is 1. The van der Waals surface area contributed by atoms with Gasteiger partial charge in [0.25, 0.3) is 0 Å². The lowest BCUT2D eigenvalue weighted by atomic mass is 9.91. The number of amides is 2. The van der Waals surface area contributed by atoms with Crippen LogP contribution in [0.4, 0.5) is 14.3 Å². The van der Waals surface area contributed by atoms with Gasteiger partial charge in [0.1, 0.15) is 11.3 Å². The summed E-state index contributed by atoms with van der Waals surface area (Å²) >= 11 is 1.30. The number of aromatic nitrogens is 2. The van der Waals surface area contributed by atoms with Crippen molar-refractivity contribution in [2.24, 2.45) is 5.92 Å². The molecule has 5 nitrogen and oxygen atoms in total. The van der Waals surface area contributed by atoms with Crippen LogP contribution in [0.5, 0.6) is 0 Å². The van der Waals surface area contributed by atoms with Crippen molar-refractivity contribution in [2.45, 2.75) is 19.3 Å². The van der Waals surface area contributed by atoms with Crippen LogP contribution in [-0.2, 0) is 6.42 Å². The molecule has 0 bridgehead atoms. The van der Waals surface area contributed by atoms with Crippen molar-refractivity contribution in [3.8, 4) is 0 Å². The van der Waals surface area contributed by atoms with Crippen molar-refractivity contribution in [3.63, 3.8) is 0 Å². The second kappa shape index (κ2) is 6.83. The highest BCUT2D eigenvalue weighted by atomic mass is 32.1. The number of hydrogen-bond acceptors (Lipinski definition) is 4. The van der Waals surface area contributed by atoms with Gasteiger partial charge in [-0.05, 0) is 42.9 Å². The number of urea groups is 1. The molecule has 1 fully saturated rings. The van der Waals surface area contributed by atoms with E-state index in [1.165, 1.54) is 23.5 Å². The maximum atomic E-state index is 12.9. The van der Waals surface area contributed by atoms with Crippen LogP contribution in [0.15, 0.2) is 29.8 Å². The summed E-state index contributed by atoms with van der Waals surface area (Å²) in [6, 6.07) is 6.47. The molecule has 22 heavy (non-hydrogen) atoms. The Morgan fingerprint density at radius 2 is 2.23 bits per heavy atom. The fourth-order valence-corrected chi connectivity index (χ4v) is 3.20. The van der Waals surface area contributed by atoms with Crippen molar-refractivity contribution < 1.29 is 9.18 Å². The van der Waals surface area contributed by atoms with Crippen molar-refractivity contribution in [1.29, 1.82) is 0 Å². The third-order valence-corrected chi connectivity index (χ3v) is 4.42. The second-order valence-electron chi connectivity index (χ2n) is 5.46. The quantitative estimate of drug-likeness (QED) is 0.945. The molecule has 2 heterocycles. The average Bonchev–Trinajstić information content (AvgIpc) is 3.03. The third-order valence-electron chi connectivity index (χ3n) is 3.82. The SMILES string of the molecule is O=C(Nc1nncs1)N1CCCC(Cc2ccc(F)cc2)C1. The molecule has 7 heteroatoms. The molecule has 3 rings (SSSR count). The number of anilines is 1. The first-order chi connectivity index (χ1) is 10.7. The molecule has 1 aliphatic heterocycles. The van der Waals surface area contributed by atoms with E-state index in [9.17, 15) is 9.18 Å². The van der Waals surface area contributed by atoms with E-state index < -0.39 is 0 Å². The molecule has 0 aliphatic carbocycles. The number of halogens is 1. The highest BCUT2D eigenvalue weighted by Crippen LogP contribution is 2.22. The Morgan fingerprint density at radius 3 is 2.95 bits per heavy atom. The Bertz CT molecular complexity index is 617. The van der Waals surface area contributed by atoms with Gasteiger partial charge in [0, 0.05) is 13.1 Å². The molecule has 0 radical (unpaired) electrons. The van der Waals surface area contributed by atoms with Gasteiger partial charge in [-0.1, -0.05) is 23.5 Å². The van der Waals surface area contributed by atoms with Gasteiger partial charge in [0.2, 0.25) is 5.13 Å². The Hall–Kier alpha value is -2.02. The number of rotatable bonds is 3. The van der Waals surface area contributed by atoms with Gasteiger partial charge in [-0.2, -0.15) is 0 Å². The molecule has 1 saturated heterocycles. The van der Waals surface area contributed by atoms with Gasteiger partial charge in [0.15, 0.2) is 0 Å². The summed E-state index contributed by atoms with van der Waals surface area (Å²) < 4.78 is 12.9. The third kappa shape index (κ3) is 3.79. The molecule has 1 aliphatic rings. The molecule has 1 unspecified atom stereocenters. The molecule has 0 saturated carbocycles. The fraction of sp³-hybridized carbons (Fsp3) is 0.400. The summed E-state index contributed by atoms with van der Waals surface area (Å²) in [6.45, 7) is 1.46. The van der Waals surface area contributed by atoms with Gasteiger partial charge < -0.3 is 4.90 Å². The lowest BCUT2D eigenvalue weighted by Crippen LogP contribution is -2.42. The Balaban J connectivity index is 1.56. The van der Waals surface area contributed by atoms with Crippen LogP contribution in [0.1, 0.15) is 18.4 Å². The standard InChI is InChI=1S/C15H17FN4OS/c16-13-5-3-11(4-6-13)8-12-2-1-7-20(9-12)15(21)18-14-19-17-10-22-14/h3-6,10,12H,1-2,7-9H2,(H,18,19,21). The predicted molar refractivity (Wildman–Crippen MR) is 83.3 cm³/mol. The van der Waals surface area contributed by atoms with E-state index in [2.05, 4.69) is 15.5 Å². The monoisotopic (exact) mass is 320 g/mol. The first kappa shape index (κ1) is 14.9. The second-order valence-corrected chi connectivity index (χ2v) is 6.29. The summed E-state index contributed by atoms with van der Waals surface area (Å²) in [6.07, 6.45) is 2.93. The van der Waals surface area contributed by atoms with Crippen LogP contribution in [0.3, 0.4) is 0 Å². The number of carbonyl (C=O) groups excluding carboxylic acids is 1. The van der Waals surface area contributed by atoms with Crippen LogP contribution in [0.2, 0.25) is 0 Å². The normalized spacial score (nSPS) is 18.2. The molecule has 2 aromatic rings. The van der Waals surface area contributed by atoms with Crippen molar-refractivity contribution in [3.05, 3.63) is 41.2 Å². The number of benzene rings is 1. The Morgan fingerprint density at radius 1 is 1.41 bits per heavy atom. The number of piperidine rings is 1. The van der Waals surface area contributed by atoms with Gasteiger partial charge in [0.05, 0.1) is 0 Å². The van der Waals surface area contributed by atoms with Gasteiger partial charge in [-0.3, -0.25) is 5.32 Å². The van der Waals surface area contributed by atoms with Crippen LogP contribution >= 0.6 is 11.3 Å². The highest BCUT2D eigenvalue weighted by Gasteiger charge is 2.24. The summed E-state index contributed by atoms with van der Waals surface area (Å²) in [5, 5.41) is 10.8. The van der Waals surface area contributed by atoms with Crippen LogP contribution in [0.25, 0.3) is 0 Å². The number of likely N-dealkylation sites (tertiary alicyclic amines) is 1. The van der Waals surface area contributed by atoms with Crippen LogP contribution < -0.4 is 5.32 Å². The molecule has 1 atom stereocenters. The summed E-state index contributed by atoms with van der Waals surface area (Å²) in [5.74, 6) is 0.185. The molecular formula is C15H17FN4OS. The van der Waals surface area contributed by atoms with E-state index in [4.69, 9.17) is 0 Å². The topological polar surface area (TPSA) is 58.1 Å². The lowest BCUT2D eigenvalue weighted by molar-refractivity contribution is 0.177. The molecular weight excluding hydrogens is 303 g/mol. The fourth-order valence-electron chi connectivity index (χ4n) is 2.77. The maximum Gasteiger partial charge on any atom is 0.323 e. The average molecular weight is 320 g/mol. The van der Waals surface area contributed by atoms with E-state index in [1.807, 2.05) is 17.0 Å². The van der Waals surface area contributed by atoms with Crippen molar-refractivity contribution >= 4 is 22.5 Å². The van der Waals surface area contributed by atoms with Crippen molar-refractivity contribution in [1.82, 2.24) is 15.1 Å². The lowest BCUT2D eigenvalue weighted by Gasteiger charge is -2.32. The summed E-state index contributed by atoms with van der Waals surface area (Å²) in [4.78, 5) is 14.0. The Kier molecular flexibility index (Phi) is 4.62. The number of carbonyl (C=O) groups is 1. The van der Waals surface area contributed by atoms with Gasteiger partial charge in [-0.15, -0.1) is 10.2 Å². The zero-order valence-electron chi connectivity index (χ0n) is 12.0.